The maximum Gasteiger partial charge on any atom is 0.232 e. The number of likely N-dealkylation sites (tertiary alicyclic amines) is 1. The van der Waals surface area contributed by atoms with Crippen molar-refractivity contribution in [3.8, 4) is 0 Å². The Balaban J connectivity index is 1.57. The molecule has 0 unspecified atom stereocenters. The van der Waals surface area contributed by atoms with Crippen LogP contribution in [0, 0.1) is 0 Å². The Hall–Kier alpha value is -1.86. The average Bonchev–Trinajstić information content (AvgIpc) is 3.14. The van der Waals surface area contributed by atoms with Gasteiger partial charge in [0, 0.05) is 61.8 Å². The Kier molecular flexibility index (Phi) is 6.68. The second-order valence-electron chi connectivity index (χ2n) is 6.93. The number of piperidine rings is 1. The number of pyridine rings is 1. The highest BCUT2D eigenvalue weighted by Crippen LogP contribution is 2.27. The van der Waals surface area contributed by atoms with Gasteiger partial charge in [0.05, 0.1) is 5.75 Å². The number of nitrogens with zero attached hydrogens (tertiary/aromatic N) is 5. The molecule has 2 aromatic heterocycles. The zero-order valence-electron chi connectivity index (χ0n) is 15.5. The highest BCUT2D eigenvalue weighted by atomic mass is 32.2. The minimum absolute atomic E-state index is 0.211. The van der Waals surface area contributed by atoms with Gasteiger partial charge in [0.1, 0.15) is 5.82 Å². The maximum atomic E-state index is 12.6. The van der Waals surface area contributed by atoms with Crippen molar-refractivity contribution in [1.29, 1.82) is 0 Å². The van der Waals surface area contributed by atoms with E-state index < -0.39 is 0 Å². The number of aromatic nitrogens is 3. The first-order chi connectivity index (χ1) is 12.6. The lowest BCUT2D eigenvalue weighted by molar-refractivity contribution is -0.129. The molecule has 0 bridgehead atoms. The van der Waals surface area contributed by atoms with Gasteiger partial charge in [-0.15, -0.1) is 11.8 Å². The van der Waals surface area contributed by atoms with Gasteiger partial charge in [-0.2, -0.15) is 0 Å². The number of carbonyl (C=O) groups excluding carboxylic acids is 1. The van der Waals surface area contributed by atoms with Crippen molar-refractivity contribution in [3.63, 3.8) is 0 Å². The molecular formula is C19H27N5OS. The largest absolute Gasteiger partial charge is 0.341 e. The lowest BCUT2D eigenvalue weighted by Crippen LogP contribution is -2.40. The third kappa shape index (κ3) is 5.08. The number of hydrogen-bond acceptors (Lipinski definition) is 5. The molecule has 1 saturated heterocycles. The van der Waals surface area contributed by atoms with Crippen LogP contribution in [0.4, 0.5) is 0 Å². The summed E-state index contributed by atoms with van der Waals surface area (Å²) in [6.07, 6.45) is 9.59. The van der Waals surface area contributed by atoms with Crippen molar-refractivity contribution in [2.24, 2.45) is 0 Å². The van der Waals surface area contributed by atoms with E-state index in [0.717, 1.165) is 49.7 Å². The van der Waals surface area contributed by atoms with E-state index in [2.05, 4.69) is 39.7 Å². The van der Waals surface area contributed by atoms with Crippen molar-refractivity contribution >= 4 is 17.7 Å². The molecule has 6 nitrogen and oxygen atoms in total. The van der Waals surface area contributed by atoms with Crippen LogP contribution in [-0.4, -0.2) is 69.7 Å². The van der Waals surface area contributed by atoms with Gasteiger partial charge in [0.2, 0.25) is 5.91 Å². The van der Waals surface area contributed by atoms with Crippen molar-refractivity contribution in [1.82, 2.24) is 24.3 Å². The second kappa shape index (κ2) is 9.19. The number of imidazole rings is 1. The van der Waals surface area contributed by atoms with Gasteiger partial charge in [-0.25, -0.2) is 4.98 Å². The molecule has 1 atom stereocenters. The molecule has 140 valence electrons. The van der Waals surface area contributed by atoms with Gasteiger partial charge in [0.15, 0.2) is 0 Å². The Labute approximate surface area is 159 Å². The summed E-state index contributed by atoms with van der Waals surface area (Å²) in [4.78, 5) is 26.5. The number of likely N-dealkylation sites (N-methyl/N-ethyl adjacent to an activating group) is 1. The number of amides is 1. The molecule has 1 fully saturated rings. The summed E-state index contributed by atoms with van der Waals surface area (Å²) >= 11 is 1.58. The maximum absolute atomic E-state index is 12.6. The van der Waals surface area contributed by atoms with Crippen LogP contribution in [0.2, 0.25) is 0 Å². The fourth-order valence-corrected chi connectivity index (χ4v) is 4.05. The number of thioether (sulfide) groups is 1. The Morgan fingerprint density at radius 2 is 2.12 bits per heavy atom. The normalized spacial score (nSPS) is 17.7. The van der Waals surface area contributed by atoms with E-state index in [-0.39, 0.29) is 5.91 Å². The fraction of sp³-hybridized carbons (Fsp3) is 0.526. The molecule has 0 radical (unpaired) electrons. The summed E-state index contributed by atoms with van der Waals surface area (Å²) in [5.41, 5.74) is 0. The lowest BCUT2D eigenvalue weighted by atomic mass is 9.97. The molecule has 1 aliphatic rings. The monoisotopic (exact) mass is 373 g/mol. The topological polar surface area (TPSA) is 54.3 Å². The Morgan fingerprint density at radius 1 is 1.31 bits per heavy atom. The predicted octanol–water partition coefficient (Wildman–Crippen LogP) is 2.34. The summed E-state index contributed by atoms with van der Waals surface area (Å²) in [7, 11) is 4.16. The molecule has 2 aromatic rings. The molecule has 3 rings (SSSR count). The number of rotatable bonds is 7. The molecule has 1 aliphatic heterocycles. The quantitative estimate of drug-likeness (QED) is 0.697. The zero-order chi connectivity index (χ0) is 18.4. The Bertz CT molecular complexity index is 703. The highest BCUT2D eigenvalue weighted by molar-refractivity contribution is 8.00. The standard InChI is InChI=1S/C19H27N5OS/c1-22(2)12-13-23-11-9-21-19(23)16-4-3-10-24(14-16)18(25)15-26-17-5-7-20-8-6-17/h5-9,11,16H,3-4,10,12-15H2,1-2H3/t16-/m0/s1. The molecule has 26 heavy (non-hydrogen) atoms. The van der Waals surface area contributed by atoms with Gasteiger partial charge in [0.25, 0.3) is 0 Å². The van der Waals surface area contributed by atoms with Crippen molar-refractivity contribution in [2.45, 2.75) is 30.2 Å². The van der Waals surface area contributed by atoms with Crippen LogP contribution in [0.15, 0.2) is 41.8 Å². The van der Waals surface area contributed by atoms with E-state index in [9.17, 15) is 4.79 Å². The number of hydrogen-bond donors (Lipinski definition) is 0. The van der Waals surface area contributed by atoms with Crippen LogP contribution >= 0.6 is 11.8 Å². The third-order valence-corrected chi connectivity index (χ3v) is 5.68. The van der Waals surface area contributed by atoms with Crippen molar-refractivity contribution < 1.29 is 4.79 Å². The zero-order valence-corrected chi connectivity index (χ0v) is 16.4. The van der Waals surface area contributed by atoms with E-state index in [4.69, 9.17) is 0 Å². The van der Waals surface area contributed by atoms with E-state index >= 15 is 0 Å². The van der Waals surface area contributed by atoms with Crippen LogP contribution in [0.3, 0.4) is 0 Å². The molecular weight excluding hydrogens is 346 g/mol. The van der Waals surface area contributed by atoms with Gasteiger partial charge >= 0.3 is 0 Å². The van der Waals surface area contributed by atoms with Crippen LogP contribution in [0.25, 0.3) is 0 Å². The molecule has 7 heteroatoms. The predicted molar refractivity (Wildman–Crippen MR) is 104 cm³/mol. The van der Waals surface area contributed by atoms with Crippen molar-refractivity contribution in [3.05, 3.63) is 42.7 Å². The lowest BCUT2D eigenvalue weighted by Gasteiger charge is -2.32. The van der Waals surface area contributed by atoms with E-state index in [1.807, 2.05) is 23.2 Å². The van der Waals surface area contributed by atoms with Gasteiger partial charge in [-0.05, 0) is 39.1 Å². The first kappa shape index (κ1) is 18.9. The summed E-state index contributed by atoms with van der Waals surface area (Å²) in [5.74, 6) is 2.14. The molecule has 0 saturated carbocycles. The first-order valence-electron chi connectivity index (χ1n) is 9.10. The fourth-order valence-electron chi connectivity index (χ4n) is 3.26. The van der Waals surface area contributed by atoms with Gasteiger partial charge in [-0.3, -0.25) is 9.78 Å². The Morgan fingerprint density at radius 3 is 2.88 bits per heavy atom. The molecule has 0 aliphatic carbocycles. The highest BCUT2D eigenvalue weighted by Gasteiger charge is 2.27. The second-order valence-corrected chi connectivity index (χ2v) is 7.98. The first-order valence-corrected chi connectivity index (χ1v) is 10.1. The molecule has 0 spiro atoms. The van der Waals surface area contributed by atoms with Crippen LogP contribution in [0.1, 0.15) is 24.6 Å². The van der Waals surface area contributed by atoms with Crippen LogP contribution in [0.5, 0.6) is 0 Å². The van der Waals surface area contributed by atoms with Crippen LogP contribution < -0.4 is 0 Å². The molecule has 1 amide bonds. The summed E-state index contributed by atoms with van der Waals surface area (Å²) in [6, 6.07) is 3.89. The number of carbonyl (C=O) groups is 1. The minimum Gasteiger partial charge on any atom is -0.341 e. The molecule has 0 aromatic carbocycles. The van der Waals surface area contributed by atoms with E-state index in [0.29, 0.717) is 11.7 Å². The van der Waals surface area contributed by atoms with Crippen LogP contribution in [-0.2, 0) is 11.3 Å². The van der Waals surface area contributed by atoms with Gasteiger partial charge in [-0.1, -0.05) is 0 Å². The third-order valence-electron chi connectivity index (χ3n) is 4.69. The van der Waals surface area contributed by atoms with E-state index in [1.54, 1.807) is 24.2 Å². The summed E-state index contributed by atoms with van der Waals surface area (Å²) in [5, 5.41) is 0. The summed E-state index contributed by atoms with van der Waals surface area (Å²) < 4.78 is 2.24. The van der Waals surface area contributed by atoms with E-state index in [1.165, 1.54) is 0 Å². The van der Waals surface area contributed by atoms with Crippen molar-refractivity contribution in [2.75, 3.05) is 39.5 Å². The SMILES string of the molecule is CN(C)CCn1ccnc1[C@H]1CCCN(C(=O)CSc2ccncc2)C1. The smallest absolute Gasteiger partial charge is 0.232 e. The molecule has 3 heterocycles. The minimum atomic E-state index is 0.211. The average molecular weight is 374 g/mol. The molecule has 0 N–H and O–H groups in total. The van der Waals surface area contributed by atoms with Gasteiger partial charge < -0.3 is 14.4 Å². The summed E-state index contributed by atoms with van der Waals surface area (Å²) in [6.45, 7) is 3.55.